The van der Waals surface area contributed by atoms with Crippen molar-refractivity contribution in [3.8, 4) is 0 Å². The summed E-state index contributed by atoms with van der Waals surface area (Å²) in [5, 5.41) is 9.03. The first-order valence-corrected chi connectivity index (χ1v) is 9.38. The zero-order valence-electron chi connectivity index (χ0n) is 16.1. The molecule has 1 amide bonds. The molecule has 2 heterocycles. The summed E-state index contributed by atoms with van der Waals surface area (Å²) >= 11 is 0. The van der Waals surface area contributed by atoms with Crippen molar-refractivity contribution in [2.24, 2.45) is 5.18 Å². The Morgan fingerprint density at radius 3 is 2.89 bits per heavy atom. The van der Waals surface area contributed by atoms with Gasteiger partial charge in [0, 0.05) is 43.5 Å². The number of aryl methyl sites for hydroxylation is 1. The Hall–Kier alpha value is -3.23. The van der Waals surface area contributed by atoms with Gasteiger partial charge >= 0.3 is 0 Å². The summed E-state index contributed by atoms with van der Waals surface area (Å²) in [6, 6.07) is 7.06. The van der Waals surface area contributed by atoms with E-state index < -0.39 is 0 Å². The van der Waals surface area contributed by atoms with E-state index in [1.54, 1.807) is 18.2 Å². The van der Waals surface area contributed by atoms with Gasteiger partial charge in [0.2, 0.25) is 11.9 Å². The van der Waals surface area contributed by atoms with Gasteiger partial charge in [-0.25, -0.2) is 4.98 Å². The fourth-order valence-electron chi connectivity index (χ4n) is 3.29. The number of nitrogens with one attached hydrogen (secondary N) is 2. The van der Waals surface area contributed by atoms with Crippen LogP contribution in [0.5, 0.6) is 0 Å². The molecule has 9 heteroatoms. The number of nitrogens with zero attached hydrogens (tertiary/aromatic N) is 4. The van der Waals surface area contributed by atoms with E-state index in [-0.39, 0.29) is 17.6 Å². The van der Waals surface area contributed by atoms with Crippen molar-refractivity contribution in [3.63, 3.8) is 0 Å². The highest BCUT2D eigenvalue weighted by atomic mass is 16.3. The van der Waals surface area contributed by atoms with Crippen molar-refractivity contribution in [2.75, 3.05) is 29.0 Å². The van der Waals surface area contributed by atoms with Gasteiger partial charge in [0.25, 0.3) is 0 Å². The van der Waals surface area contributed by atoms with Crippen LogP contribution in [0.2, 0.25) is 0 Å². The fraction of sp³-hybridized carbons (Fsp3) is 0.421. The summed E-state index contributed by atoms with van der Waals surface area (Å²) < 4.78 is 0. The van der Waals surface area contributed by atoms with Crippen LogP contribution in [0.3, 0.4) is 0 Å². The van der Waals surface area contributed by atoms with Crippen LogP contribution >= 0.6 is 0 Å². The van der Waals surface area contributed by atoms with E-state index in [1.807, 2.05) is 6.07 Å². The van der Waals surface area contributed by atoms with E-state index in [2.05, 4.69) is 37.6 Å². The molecule has 1 fully saturated rings. The molecule has 1 atom stereocenters. The first-order valence-electron chi connectivity index (χ1n) is 9.38. The van der Waals surface area contributed by atoms with Gasteiger partial charge in [0.05, 0.1) is 5.69 Å². The van der Waals surface area contributed by atoms with Crippen LogP contribution in [-0.4, -0.2) is 35.0 Å². The number of hydrogen-bond donors (Lipinski definition) is 3. The Morgan fingerprint density at radius 1 is 1.36 bits per heavy atom. The lowest BCUT2D eigenvalue weighted by Crippen LogP contribution is -2.35. The molecule has 0 bridgehead atoms. The number of anilines is 4. The van der Waals surface area contributed by atoms with Crippen molar-refractivity contribution >= 4 is 34.7 Å². The second kappa shape index (κ2) is 8.64. The predicted octanol–water partition coefficient (Wildman–Crippen LogP) is 2.87. The molecule has 0 radical (unpaired) electrons. The van der Waals surface area contributed by atoms with Crippen molar-refractivity contribution in [1.29, 1.82) is 0 Å². The minimum absolute atomic E-state index is 0.0218. The third-order valence-corrected chi connectivity index (χ3v) is 4.58. The van der Waals surface area contributed by atoms with Crippen LogP contribution < -0.4 is 21.3 Å². The third-order valence-electron chi connectivity index (χ3n) is 4.58. The van der Waals surface area contributed by atoms with Gasteiger partial charge < -0.3 is 21.3 Å². The van der Waals surface area contributed by atoms with Gasteiger partial charge in [-0.05, 0) is 36.2 Å². The van der Waals surface area contributed by atoms with Crippen molar-refractivity contribution in [2.45, 2.75) is 39.2 Å². The minimum Gasteiger partial charge on any atom is -0.397 e. The maximum atomic E-state index is 11.3. The van der Waals surface area contributed by atoms with Crippen LogP contribution in [0.1, 0.15) is 32.4 Å². The number of nitroso groups, excluding NO2 is 1. The minimum atomic E-state index is -0.0218. The first-order chi connectivity index (χ1) is 13.5. The number of amides is 1. The highest BCUT2D eigenvalue weighted by Gasteiger charge is 2.24. The molecule has 0 aliphatic carbocycles. The van der Waals surface area contributed by atoms with Gasteiger partial charge in [0.1, 0.15) is 11.5 Å². The third kappa shape index (κ3) is 4.73. The largest absolute Gasteiger partial charge is 0.397 e. The molecule has 0 unspecified atom stereocenters. The van der Waals surface area contributed by atoms with Crippen LogP contribution in [0.4, 0.5) is 28.8 Å². The zero-order chi connectivity index (χ0) is 20.1. The molecule has 2 aromatic rings. The summed E-state index contributed by atoms with van der Waals surface area (Å²) in [5.41, 5.74) is 7.79. The summed E-state index contributed by atoms with van der Waals surface area (Å²) in [4.78, 5) is 33.6. The van der Waals surface area contributed by atoms with E-state index in [0.717, 1.165) is 37.3 Å². The predicted molar refractivity (Wildman–Crippen MR) is 110 cm³/mol. The number of carbonyl (C=O) groups is 1. The highest BCUT2D eigenvalue weighted by molar-refractivity contribution is 5.73. The number of hydrogen-bond acceptors (Lipinski definition) is 8. The molecular formula is C19H25N7O2. The SMILES string of the molecule is CCCc1cc(N2CC[C@H](NC(C)=O)C2)nc(Nc2ccc(N)c(N=O)c2)n1. The number of carbonyl (C=O) groups excluding carboxylic acids is 1. The van der Waals surface area contributed by atoms with E-state index >= 15 is 0 Å². The molecule has 1 aromatic carbocycles. The Kier molecular flexibility index (Phi) is 6.03. The Bertz CT molecular complexity index is 871. The van der Waals surface area contributed by atoms with Crippen LogP contribution in [0.15, 0.2) is 29.4 Å². The van der Waals surface area contributed by atoms with Crippen molar-refractivity contribution < 1.29 is 4.79 Å². The molecule has 28 heavy (non-hydrogen) atoms. The molecule has 1 aromatic heterocycles. The molecule has 4 N–H and O–H groups in total. The van der Waals surface area contributed by atoms with Gasteiger partial charge in [-0.1, -0.05) is 13.3 Å². The second-order valence-electron chi connectivity index (χ2n) is 6.91. The summed E-state index contributed by atoms with van der Waals surface area (Å²) in [5.74, 6) is 1.25. The molecule has 1 aliphatic heterocycles. The Labute approximate surface area is 163 Å². The smallest absolute Gasteiger partial charge is 0.229 e. The average Bonchev–Trinajstić information content (AvgIpc) is 3.11. The topological polar surface area (TPSA) is 126 Å². The van der Waals surface area contributed by atoms with Gasteiger partial charge in [-0.15, -0.1) is 4.91 Å². The van der Waals surface area contributed by atoms with Crippen LogP contribution in [0.25, 0.3) is 0 Å². The number of nitrogens with two attached hydrogens (primary N) is 1. The van der Waals surface area contributed by atoms with E-state index in [0.29, 0.717) is 23.9 Å². The molecule has 0 spiro atoms. The number of nitrogen functional groups attached to an aromatic ring is 1. The summed E-state index contributed by atoms with van der Waals surface area (Å²) in [6.45, 7) is 5.15. The molecular weight excluding hydrogens is 358 g/mol. The number of rotatable bonds is 7. The lowest BCUT2D eigenvalue weighted by molar-refractivity contribution is -0.119. The maximum absolute atomic E-state index is 11.3. The quantitative estimate of drug-likeness (QED) is 0.496. The van der Waals surface area contributed by atoms with Gasteiger partial charge in [-0.2, -0.15) is 4.98 Å². The van der Waals surface area contributed by atoms with Crippen LogP contribution in [-0.2, 0) is 11.2 Å². The normalized spacial score (nSPS) is 16.1. The summed E-state index contributed by atoms with van der Waals surface area (Å²) in [7, 11) is 0. The Morgan fingerprint density at radius 2 is 2.18 bits per heavy atom. The standard InChI is InChI=1S/C19H25N7O2/c1-3-4-13-10-18(26-8-7-15(11-26)21-12(2)27)24-19(22-13)23-14-5-6-16(20)17(9-14)25-28/h5-6,9-10,15H,3-4,7-8,11,20H2,1-2H3,(H,21,27)(H,22,23,24)/t15-/m0/s1. The molecule has 1 aliphatic rings. The van der Waals surface area contributed by atoms with E-state index in [4.69, 9.17) is 5.73 Å². The lowest BCUT2D eigenvalue weighted by atomic mass is 10.2. The molecule has 1 saturated heterocycles. The average molecular weight is 383 g/mol. The van der Waals surface area contributed by atoms with Gasteiger partial charge in [-0.3, -0.25) is 4.79 Å². The number of benzene rings is 1. The van der Waals surface area contributed by atoms with Crippen molar-refractivity contribution in [1.82, 2.24) is 15.3 Å². The second-order valence-corrected chi connectivity index (χ2v) is 6.91. The number of aromatic nitrogens is 2. The Balaban J connectivity index is 1.83. The molecule has 9 nitrogen and oxygen atoms in total. The first kappa shape index (κ1) is 19.5. The van der Waals surface area contributed by atoms with Gasteiger partial charge in [0.15, 0.2) is 0 Å². The van der Waals surface area contributed by atoms with E-state index in [1.165, 1.54) is 6.92 Å². The molecule has 148 valence electrons. The highest BCUT2D eigenvalue weighted by Crippen LogP contribution is 2.28. The fourth-order valence-corrected chi connectivity index (χ4v) is 3.29. The maximum Gasteiger partial charge on any atom is 0.229 e. The zero-order valence-corrected chi connectivity index (χ0v) is 16.1. The van der Waals surface area contributed by atoms with E-state index in [9.17, 15) is 9.70 Å². The molecule has 3 rings (SSSR count). The van der Waals surface area contributed by atoms with Crippen LogP contribution in [0, 0.1) is 4.91 Å². The monoisotopic (exact) mass is 383 g/mol. The lowest BCUT2D eigenvalue weighted by Gasteiger charge is -2.19. The molecule has 0 saturated carbocycles. The van der Waals surface area contributed by atoms with Crippen molar-refractivity contribution in [3.05, 3.63) is 34.9 Å². The summed E-state index contributed by atoms with van der Waals surface area (Å²) in [6.07, 6.45) is 2.67.